The fourth-order valence-electron chi connectivity index (χ4n) is 4.13. The van der Waals surface area contributed by atoms with E-state index in [1.54, 1.807) is 19.9 Å². The van der Waals surface area contributed by atoms with Crippen molar-refractivity contribution in [2.45, 2.75) is 81.1 Å². The second-order valence-electron chi connectivity index (χ2n) is 9.57. The van der Waals surface area contributed by atoms with Gasteiger partial charge >= 0.3 is 17.2 Å². The van der Waals surface area contributed by atoms with Gasteiger partial charge < -0.3 is 13.6 Å². The highest BCUT2D eigenvalue weighted by atomic mass is 16.5. The average Bonchev–Trinajstić information content (AvgIpc) is 2.87. The molecule has 204 valence electrons. The molecule has 0 aliphatic carbocycles. The number of fused-ring (bicyclic) bond motifs is 2. The van der Waals surface area contributed by atoms with Gasteiger partial charge in [-0.15, -0.1) is 0 Å². The maximum absolute atomic E-state index is 11.8. The second-order valence-corrected chi connectivity index (χ2v) is 9.57. The molecular weight excluding hydrogens is 480 g/mol. The van der Waals surface area contributed by atoms with Crippen LogP contribution in [0.1, 0.15) is 83.1 Å². The highest BCUT2D eigenvalue weighted by molar-refractivity contribution is 5.87. The summed E-state index contributed by atoms with van der Waals surface area (Å²) >= 11 is 0. The van der Waals surface area contributed by atoms with E-state index in [1.807, 2.05) is 71.9 Å². The molecule has 0 spiro atoms. The summed E-state index contributed by atoms with van der Waals surface area (Å²) < 4.78 is 16.0. The van der Waals surface area contributed by atoms with E-state index in [-0.39, 0.29) is 23.4 Å². The molecular formula is C32H40O6. The van der Waals surface area contributed by atoms with Gasteiger partial charge in [-0.25, -0.2) is 9.59 Å². The van der Waals surface area contributed by atoms with Crippen molar-refractivity contribution < 1.29 is 18.4 Å². The smallest absolute Gasteiger partial charge is 0.339 e. The molecule has 6 heteroatoms. The zero-order valence-electron chi connectivity index (χ0n) is 24.1. The van der Waals surface area contributed by atoms with Gasteiger partial charge in [0.15, 0.2) is 0 Å². The van der Waals surface area contributed by atoms with Crippen molar-refractivity contribution in [3.63, 3.8) is 0 Å². The number of ether oxygens (including phenoxy) is 1. The van der Waals surface area contributed by atoms with Crippen molar-refractivity contribution >= 4 is 27.9 Å². The summed E-state index contributed by atoms with van der Waals surface area (Å²) in [5.74, 6) is 0.00930. The molecule has 4 aromatic rings. The van der Waals surface area contributed by atoms with E-state index in [0.717, 1.165) is 45.9 Å². The molecule has 0 saturated carbocycles. The van der Waals surface area contributed by atoms with Gasteiger partial charge in [-0.05, 0) is 55.5 Å². The number of hydrogen-bond donors (Lipinski definition) is 0. The normalized spacial score (nSPS) is 10.7. The Kier molecular flexibility index (Phi) is 11.1. The lowest BCUT2D eigenvalue weighted by atomic mass is 9.97. The maximum atomic E-state index is 11.8. The van der Waals surface area contributed by atoms with Crippen LogP contribution >= 0.6 is 0 Å². The van der Waals surface area contributed by atoms with Gasteiger partial charge in [0, 0.05) is 28.0 Å². The molecule has 0 bridgehead atoms. The number of esters is 1. The third-order valence-electron chi connectivity index (χ3n) is 6.05. The Morgan fingerprint density at radius 3 is 2.18 bits per heavy atom. The predicted molar refractivity (Wildman–Crippen MR) is 154 cm³/mol. The van der Waals surface area contributed by atoms with Crippen molar-refractivity contribution in [3.05, 3.63) is 85.6 Å². The first-order valence-corrected chi connectivity index (χ1v) is 13.3. The van der Waals surface area contributed by atoms with Crippen LogP contribution in [0.5, 0.6) is 5.75 Å². The minimum atomic E-state index is -0.394. The van der Waals surface area contributed by atoms with Crippen LogP contribution in [0.3, 0.4) is 0 Å². The second kappa shape index (κ2) is 13.8. The third-order valence-corrected chi connectivity index (χ3v) is 6.05. The van der Waals surface area contributed by atoms with E-state index in [2.05, 4.69) is 6.92 Å². The number of carbonyl (C=O) groups is 1. The molecule has 0 amide bonds. The van der Waals surface area contributed by atoms with Gasteiger partial charge in [0.05, 0.1) is 5.92 Å². The highest BCUT2D eigenvalue weighted by Crippen LogP contribution is 2.35. The summed E-state index contributed by atoms with van der Waals surface area (Å²) in [6.07, 6.45) is 1.96. The lowest BCUT2D eigenvalue weighted by Gasteiger charge is -2.16. The van der Waals surface area contributed by atoms with Crippen LogP contribution in [-0.4, -0.2) is 5.97 Å². The van der Waals surface area contributed by atoms with Crippen molar-refractivity contribution in [3.8, 4) is 5.75 Å². The third kappa shape index (κ3) is 7.00. The average molecular weight is 521 g/mol. The number of benzene rings is 2. The number of rotatable bonds is 5. The fourth-order valence-corrected chi connectivity index (χ4v) is 4.13. The molecule has 0 N–H and O–H groups in total. The molecule has 0 fully saturated rings. The molecule has 0 aliphatic rings. The minimum absolute atomic E-state index is 0.0635. The first-order valence-electron chi connectivity index (χ1n) is 13.3. The zero-order valence-corrected chi connectivity index (χ0v) is 24.1. The van der Waals surface area contributed by atoms with Gasteiger partial charge in [-0.1, -0.05) is 73.1 Å². The largest absolute Gasteiger partial charge is 0.426 e. The van der Waals surface area contributed by atoms with E-state index < -0.39 is 5.63 Å². The summed E-state index contributed by atoms with van der Waals surface area (Å²) in [6.45, 7) is 17.3. The van der Waals surface area contributed by atoms with Crippen LogP contribution in [0.4, 0.5) is 0 Å². The van der Waals surface area contributed by atoms with Crippen LogP contribution in [0, 0.1) is 19.8 Å². The molecule has 0 unspecified atom stereocenters. The molecule has 0 aliphatic heterocycles. The van der Waals surface area contributed by atoms with Crippen LogP contribution < -0.4 is 16.0 Å². The van der Waals surface area contributed by atoms with Crippen LogP contribution in [0.25, 0.3) is 21.9 Å². The summed E-state index contributed by atoms with van der Waals surface area (Å²) in [5.41, 5.74) is 4.07. The van der Waals surface area contributed by atoms with E-state index in [1.165, 1.54) is 6.07 Å². The topological polar surface area (TPSA) is 86.7 Å². The van der Waals surface area contributed by atoms with Crippen LogP contribution in [0.2, 0.25) is 0 Å². The number of aryl methyl sites for hydroxylation is 2. The monoisotopic (exact) mass is 520 g/mol. The highest BCUT2D eigenvalue weighted by Gasteiger charge is 2.19. The Bertz CT molecular complexity index is 1500. The Hall–Kier alpha value is -3.67. The fraction of sp³-hybridized carbons (Fsp3) is 0.406. The Morgan fingerprint density at radius 1 is 0.921 bits per heavy atom. The molecule has 2 heterocycles. The quantitative estimate of drug-likeness (QED) is 0.151. The molecule has 6 nitrogen and oxygen atoms in total. The lowest BCUT2D eigenvalue weighted by molar-refractivity contribution is -0.137. The van der Waals surface area contributed by atoms with Crippen molar-refractivity contribution in [1.29, 1.82) is 0 Å². The summed E-state index contributed by atoms with van der Waals surface area (Å²) in [6, 6.07) is 12.8. The van der Waals surface area contributed by atoms with Gasteiger partial charge in [0.2, 0.25) is 0 Å². The summed E-state index contributed by atoms with van der Waals surface area (Å²) in [7, 11) is 0. The first kappa shape index (κ1) is 30.6. The molecule has 0 radical (unpaired) electrons. The number of para-hydroxylation sites is 1. The molecule has 38 heavy (non-hydrogen) atoms. The van der Waals surface area contributed by atoms with E-state index in [0.29, 0.717) is 16.9 Å². The van der Waals surface area contributed by atoms with Crippen molar-refractivity contribution in [2.75, 3.05) is 0 Å². The maximum Gasteiger partial charge on any atom is 0.339 e. The van der Waals surface area contributed by atoms with Gasteiger partial charge in [-0.3, -0.25) is 4.79 Å². The van der Waals surface area contributed by atoms with Crippen LogP contribution in [0.15, 0.2) is 60.9 Å². The first-order chi connectivity index (χ1) is 18.0. The minimum Gasteiger partial charge on any atom is -0.426 e. The van der Waals surface area contributed by atoms with Crippen molar-refractivity contribution in [2.24, 2.45) is 5.92 Å². The number of carbonyl (C=O) groups excluding carboxylic acids is 1. The predicted octanol–water partition coefficient (Wildman–Crippen LogP) is 7.87. The van der Waals surface area contributed by atoms with E-state index in [4.69, 9.17) is 13.6 Å². The summed E-state index contributed by atoms with van der Waals surface area (Å²) in [5, 5.41) is 1.93. The molecule has 4 rings (SSSR count). The van der Waals surface area contributed by atoms with E-state index >= 15 is 0 Å². The lowest BCUT2D eigenvalue weighted by Crippen LogP contribution is -2.16. The van der Waals surface area contributed by atoms with E-state index in [9.17, 15) is 14.4 Å². The Morgan fingerprint density at radius 2 is 1.58 bits per heavy atom. The van der Waals surface area contributed by atoms with Gasteiger partial charge in [0.25, 0.3) is 0 Å². The number of hydrogen-bond acceptors (Lipinski definition) is 6. The standard InChI is InChI=1S/C17H20O4.C13H14O2.C2H6/c1-9(2)15-13(20-17(19)10(3)4)7-6-12-11(5)8-14(18)21-16(12)15;1-3-6-10-9(2)13(14)15-12-8-5-4-7-11(10)12;1-2/h6-10H,1-5H3;4-5,7-8H,3,6H2,1-2H3;1-2H3. The zero-order chi connectivity index (χ0) is 28.6. The SMILES string of the molecule is CC.CCCc1c(C)c(=O)oc2ccccc12.Cc1cc(=O)oc2c(C(C)C)c(OC(=O)C(C)C)ccc12. The molecule has 2 aromatic carbocycles. The molecule has 0 saturated heterocycles. The van der Waals surface area contributed by atoms with Gasteiger partial charge in [-0.2, -0.15) is 0 Å². The molecule has 0 atom stereocenters. The Balaban J connectivity index is 0.000000262. The van der Waals surface area contributed by atoms with Crippen LogP contribution in [-0.2, 0) is 11.2 Å². The summed E-state index contributed by atoms with van der Waals surface area (Å²) in [4.78, 5) is 35.1. The van der Waals surface area contributed by atoms with Crippen molar-refractivity contribution in [1.82, 2.24) is 0 Å². The molecule has 2 aromatic heterocycles. The van der Waals surface area contributed by atoms with Gasteiger partial charge in [0.1, 0.15) is 16.9 Å². The Labute approximate surface area is 224 Å².